The predicted molar refractivity (Wildman–Crippen MR) is 89.4 cm³/mol. The third-order valence-corrected chi connectivity index (χ3v) is 5.47. The number of aromatic nitrogens is 1. The molecule has 2 atom stereocenters. The third kappa shape index (κ3) is 3.88. The normalized spacial score (nSPS) is 21.2. The summed E-state index contributed by atoms with van der Waals surface area (Å²) in [6.45, 7) is 0.549. The zero-order valence-electron chi connectivity index (χ0n) is 12.8. The monoisotopic (exact) mass is 332 g/mol. The van der Waals surface area contributed by atoms with Gasteiger partial charge in [-0.15, -0.1) is 11.3 Å². The minimum absolute atomic E-state index is 0.0166. The number of hydrogen-bond donors (Lipinski definition) is 2. The molecule has 0 bridgehead atoms. The van der Waals surface area contributed by atoms with Crippen molar-refractivity contribution in [3.8, 4) is 0 Å². The standard InChI is InChI=1S/C17H20N2O3S/c20-16(11-4-3-5-12(10-11)17(21)22)18-9-8-15-19-13-6-1-2-7-14(13)23-15/h1-2,6-7,11-12H,3-5,8-10H2,(H,18,20)(H,21,22). The number of benzene rings is 1. The Balaban J connectivity index is 1.50. The Hall–Kier alpha value is -1.95. The van der Waals surface area contributed by atoms with Gasteiger partial charge in [-0.1, -0.05) is 18.6 Å². The first-order valence-electron chi connectivity index (χ1n) is 7.98. The molecule has 2 unspecified atom stereocenters. The van der Waals surface area contributed by atoms with Crippen molar-refractivity contribution in [2.24, 2.45) is 11.8 Å². The van der Waals surface area contributed by atoms with E-state index in [9.17, 15) is 9.59 Å². The molecule has 2 N–H and O–H groups in total. The van der Waals surface area contributed by atoms with E-state index in [2.05, 4.69) is 10.3 Å². The molecule has 6 heteroatoms. The van der Waals surface area contributed by atoms with E-state index in [1.165, 1.54) is 0 Å². The second-order valence-corrected chi connectivity index (χ2v) is 7.13. The van der Waals surface area contributed by atoms with Gasteiger partial charge in [0.15, 0.2) is 0 Å². The lowest BCUT2D eigenvalue weighted by molar-refractivity contribution is -0.144. The van der Waals surface area contributed by atoms with Gasteiger partial charge in [0.2, 0.25) is 5.91 Å². The molecule has 0 radical (unpaired) electrons. The summed E-state index contributed by atoms with van der Waals surface area (Å²) in [7, 11) is 0. The Kier molecular flexibility index (Phi) is 4.91. The first-order valence-corrected chi connectivity index (χ1v) is 8.80. The van der Waals surface area contributed by atoms with Gasteiger partial charge in [-0.25, -0.2) is 4.98 Å². The van der Waals surface area contributed by atoms with Gasteiger partial charge in [-0.3, -0.25) is 9.59 Å². The number of carbonyl (C=O) groups is 2. The molecule has 0 aliphatic heterocycles. The Morgan fingerprint density at radius 2 is 2.04 bits per heavy atom. The molecule has 0 saturated heterocycles. The minimum atomic E-state index is -0.781. The minimum Gasteiger partial charge on any atom is -0.481 e. The number of amides is 1. The SMILES string of the molecule is O=C(O)C1CCCC(C(=O)NCCc2nc3ccccc3s2)C1. The molecule has 1 aromatic heterocycles. The molecule has 1 aliphatic rings. The zero-order chi connectivity index (χ0) is 16.2. The van der Waals surface area contributed by atoms with Crippen molar-refractivity contribution < 1.29 is 14.7 Å². The molecular weight excluding hydrogens is 312 g/mol. The predicted octanol–water partition coefficient (Wildman–Crippen LogP) is 2.85. The van der Waals surface area contributed by atoms with Crippen LogP contribution in [0.1, 0.15) is 30.7 Å². The maximum absolute atomic E-state index is 12.2. The van der Waals surface area contributed by atoms with E-state index in [1.54, 1.807) is 11.3 Å². The Labute approximate surface area is 138 Å². The fourth-order valence-corrected chi connectivity index (χ4v) is 4.08. The number of aliphatic carboxylic acids is 1. The fraction of sp³-hybridized carbons (Fsp3) is 0.471. The number of rotatable bonds is 5. The Morgan fingerprint density at radius 3 is 2.83 bits per heavy atom. The first-order chi connectivity index (χ1) is 11.1. The summed E-state index contributed by atoms with van der Waals surface area (Å²) in [5.74, 6) is -1.34. The van der Waals surface area contributed by atoms with Crippen LogP contribution in [0.25, 0.3) is 10.2 Å². The summed E-state index contributed by atoms with van der Waals surface area (Å²) in [6, 6.07) is 7.99. The molecule has 2 aromatic rings. The largest absolute Gasteiger partial charge is 0.481 e. The fourth-order valence-electron chi connectivity index (χ4n) is 3.12. The molecule has 1 aliphatic carbocycles. The van der Waals surface area contributed by atoms with Crippen molar-refractivity contribution in [1.82, 2.24) is 10.3 Å². The average molecular weight is 332 g/mol. The van der Waals surface area contributed by atoms with Gasteiger partial charge in [0, 0.05) is 18.9 Å². The third-order valence-electron chi connectivity index (χ3n) is 4.37. The number of carboxylic acid groups (broad SMARTS) is 1. The Morgan fingerprint density at radius 1 is 1.26 bits per heavy atom. The van der Waals surface area contributed by atoms with Gasteiger partial charge in [0.25, 0.3) is 0 Å². The van der Waals surface area contributed by atoms with Crippen LogP contribution in [0.2, 0.25) is 0 Å². The van der Waals surface area contributed by atoms with Crippen LogP contribution < -0.4 is 5.32 Å². The van der Waals surface area contributed by atoms with E-state index >= 15 is 0 Å². The number of thiazole rings is 1. The van der Waals surface area contributed by atoms with Crippen molar-refractivity contribution in [3.05, 3.63) is 29.3 Å². The molecule has 122 valence electrons. The smallest absolute Gasteiger partial charge is 0.306 e. The van der Waals surface area contributed by atoms with Crippen LogP contribution in [0, 0.1) is 11.8 Å². The van der Waals surface area contributed by atoms with E-state index in [-0.39, 0.29) is 17.7 Å². The quantitative estimate of drug-likeness (QED) is 0.882. The van der Waals surface area contributed by atoms with Crippen LogP contribution >= 0.6 is 11.3 Å². The molecule has 1 fully saturated rings. The van der Waals surface area contributed by atoms with Crippen LogP contribution in [-0.2, 0) is 16.0 Å². The highest BCUT2D eigenvalue weighted by Gasteiger charge is 2.30. The molecule has 0 spiro atoms. The average Bonchev–Trinajstić information content (AvgIpc) is 2.97. The number of fused-ring (bicyclic) bond motifs is 1. The highest BCUT2D eigenvalue weighted by Crippen LogP contribution is 2.29. The highest BCUT2D eigenvalue weighted by atomic mass is 32.1. The molecule has 5 nitrogen and oxygen atoms in total. The topological polar surface area (TPSA) is 79.3 Å². The molecule has 3 rings (SSSR count). The van der Waals surface area contributed by atoms with E-state index < -0.39 is 5.97 Å². The van der Waals surface area contributed by atoms with Crippen LogP contribution in [0.4, 0.5) is 0 Å². The first kappa shape index (κ1) is 15.9. The summed E-state index contributed by atoms with van der Waals surface area (Å²) < 4.78 is 1.16. The van der Waals surface area contributed by atoms with Crippen LogP contribution in [-0.4, -0.2) is 28.5 Å². The Bertz CT molecular complexity index is 680. The lowest BCUT2D eigenvalue weighted by atomic mass is 9.81. The summed E-state index contributed by atoms with van der Waals surface area (Å²) in [4.78, 5) is 27.8. The van der Waals surface area contributed by atoms with Crippen molar-refractivity contribution in [2.75, 3.05) is 6.54 Å². The van der Waals surface area contributed by atoms with E-state index in [0.29, 0.717) is 25.8 Å². The van der Waals surface area contributed by atoms with Gasteiger partial charge in [0.05, 0.1) is 21.1 Å². The van der Waals surface area contributed by atoms with Gasteiger partial charge in [-0.05, 0) is 31.4 Å². The number of para-hydroxylation sites is 1. The van der Waals surface area contributed by atoms with Gasteiger partial charge < -0.3 is 10.4 Å². The van der Waals surface area contributed by atoms with Crippen LogP contribution in [0.15, 0.2) is 24.3 Å². The number of carboxylic acids is 1. The maximum atomic E-state index is 12.2. The van der Waals surface area contributed by atoms with Gasteiger partial charge in [0.1, 0.15) is 0 Å². The molecular formula is C17H20N2O3S. The lowest BCUT2D eigenvalue weighted by Gasteiger charge is -2.25. The molecule has 1 amide bonds. The summed E-state index contributed by atoms with van der Waals surface area (Å²) >= 11 is 1.65. The van der Waals surface area contributed by atoms with Crippen LogP contribution in [0.3, 0.4) is 0 Å². The van der Waals surface area contributed by atoms with E-state index in [4.69, 9.17) is 5.11 Å². The van der Waals surface area contributed by atoms with E-state index in [1.807, 2.05) is 24.3 Å². The zero-order valence-corrected chi connectivity index (χ0v) is 13.6. The number of nitrogens with one attached hydrogen (secondary N) is 1. The number of carbonyl (C=O) groups excluding carboxylic acids is 1. The maximum Gasteiger partial charge on any atom is 0.306 e. The second-order valence-electron chi connectivity index (χ2n) is 6.02. The number of nitrogens with zero attached hydrogens (tertiary/aromatic N) is 1. The molecule has 1 heterocycles. The summed E-state index contributed by atoms with van der Waals surface area (Å²) in [5, 5.41) is 13.0. The number of hydrogen-bond acceptors (Lipinski definition) is 4. The van der Waals surface area contributed by atoms with Crippen molar-refractivity contribution in [2.45, 2.75) is 32.1 Å². The highest BCUT2D eigenvalue weighted by molar-refractivity contribution is 7.18. The van der Waals surface area contributed by atoms with E-state index in [0.717, 1.165) is 28.1 Å². The summed E-state index contributed by atoms with van der Waals surface area (Å²) in [5.41, 5.74) is 0.996. The lowest BCUT2D eigenvalue weighted by Crippen LogP contribution is -2.36. The van der Waals surface area contributed by atoms with Gasteiger partial charge >= 0.3 is 5.97 Å². The van der Waals surface area contributed by atoms with Crippen molar-refractivity contribution in [3.63, 3.8) is 0 Å². The molecule has 23 heavy (non-hydrogen) atoms. The van der Waals surface area contributed by atoms with Gasteiger partial charge in [-0.2, -0.15) is 0 Å². The molecule has 1 aromatic carbocycles. The second kappa shape index (κ2) is 7.08. The van der Waals surface area contributed by atoms with Crippen LogP contribution in [0.5, 0.6) is 0 Å². The summed E-state index contributed by atoms with van der Waals surface area (Å²) in [6.07, 6.45) is 3.46. The molecule has 1 saturated carbocycles. The van der Waals surface area contributed by atoms with Crippen molar-refractivity contribution >= 4 is 33.4 Å². The van der Waals surface area contributed by atoms with Crippen molar-refractivity contribution in [1.29, 1.82) is 0 Å².